The Balaban J connectivity index is 0.00000243. The van der Waals surface area contributed by atoms with Gasteiger partial charge in [-0.3, -0.25) is 9.59 Å². The van der Waals surface area contributed by atoms with Gasteiger partial charge < -0.3 is 16.0 Å². The van der Waals surface area contributed by atoms with Crippen molar-refractivity contribution in [1.29, 1.82) is 0 Å². The van der Waals surface area contributed by atoms with Crippen molar-refractivity contribution in [2.24, 2.45) is 5.92 Å². The van der Waals surface area contributed by atoms with Gasteiger partial charge in [0.05, 0.1) is 0 Å². The molecule has 0 unspecified atom stereocenters. The van der Waals surface area contributed by atoms with Gasteiger partial charge in [-0.25, -0.2) is 4.39 Å². The summed E-state index contributed by atoms with van der Waals surface area (Å²) in [7, 11) is 0. The maximum atomic E-state index is 12.9. The molecule has 3 rings (SSSR count). The first-order valence-corrected chi connectivity index (χ1v) is 8.24. The van der Waals surface area contributed by atoms with Gasteiger partial charge in [-0.15, -0.1) is 12.4 Å². The summed E-state index contributed by atoms with van der Waals surface area (Å²) in [5.41, 5.74) is 7.42. The van der Waals surface area contributed by atoms with Gasteiger partial charge in [0.1, 0.15) is 5.82 Å². The quantitative estimate of drug-likeness (QED) is 0.806. The van der Waals surface area contributed by atoms with Crippen molar-refractivity contribution >= 4 is 35.6 Å². The number of carbonyl (C=O) groups excluding carboxylic acids is 2. The Kier molecular flexibility index (Phi) is 6.58. The molecule has 2 aromatic rings. The molecule has 0 bridgehead atoms. The monoisotopic (exact) mass is 377 g/mol. The van der Waals surface area contributed by atoms with Crippen LogP contribution in [0.1, 0.15) is 23.2 Å². The maximum Gasteiger partial charge on any atom is 0.253 e. The van der Waals surface area contributed by atoms with Gasteiger partial charge in [-0.2, -0.15) is 0 Å². The lowest BCUT2D eigenvalue weighted by Gasteiger charge is -2.31. The lowest BCUT2D eigenvalue weighted by atomic mass is 9.95. The van der Waals surface area contributed by atoms with E-state index in [1.165, 1.54) is 24.3 Å². The highest BCUT2D eigenvalue weighted by Gasteiger charge is 2.27. The van der Waals surface area contributed by atoms with Crippen LogP contribution in [0.2, 0.25) is 0 Å². The van der Waals surface area contributed by atoms with E-state index in [2.05, 4.69) is 5.32 Å². The van der Waals surface area contributed by atoms with Gasteiger partial charge in [0.15, 0.2) is 0 Å². The molecule has 0 aromatic heterocycles. The van der Waals surface area contributed by atoms with Gasteiger partial charge in [-0.05, 0) is 55.3 Å². The number of nitrogens with two attached hydrogens (primary N) is 1. The van der Waals surface area contributed by atoms with Crippen LogP contribution in [-0.4, -0.2) is 29.8 Å². The van der Waals surface area contributed by atoms with Gasteiger partial charge in [-0.1, -0.05) is 6.07 Å². The first-order chi connectivity index (χ1) is 12.0. The van der Waals surface area contributed by atoms with Crippen molar-refractivity contribution in [2.45, 2.75) is 12.8 Å². The van der Waals surface area contributed by atoms with E-state index in [1.807, 2.05) is 0 Å². The number of hydrogen-bond donors (Lipinski definition) is 2. The SMILES string of the molecule is Cl.Nc1cccc(C(=O)N2CCC(C(=O)Nc3ccc(F)cc3)CC2)c1. The predicted molar refractivity (Wildman–Crippen MR) is 102 cm³/mol. The van der Waals surface area contributed by atoms with Crippen LogP contribution in [0.4, 0.5) is 15.8 Å². The summed E-state index contributed by atoms with van der Waals surface area (Å²) in [6.07, 6.45) is 1.20. The fourth-order valence-corrected chi connectivity index (χ4v) is 2.98. The zero-order valence-electron chi connectivity index (χ0n) is 14.2. The van der Waals surface area contributed by atoms with E-state index >= 15 is 0 Å². The number of anilines is 2. The van der Waals surface area contributed by atoms with Crippen molar-refractivity contribution in [2.75, 3.05) is 24.1 Å². The van der Waals surface area contributed by atoms with Crippen LogP contribution < -0.4 is 11.1 Å². The highest BCUT2D eigenvalue weighted by molar-refractivity contribution is 5.96. The summed E-state index contributed by atoms with van der Waals surface area (Å²) in [6, 6.07) is 12.6. The lowest BCUT2D eigenvalue weighted by Crippen LogP contribution is -2.41. The highest BCUT2D eigenvalue weighted by atomic mass is 35.5. The number of nitrogens with zero attached hydrogens (tertiary/aromatic N) is 1. The van der Waals surface area contributed by atoms with E-state index in [0.29, 0.717) is 42.9 Å². The third-order valence-corrected chi connectivity index (χ3v) is 4.40. The zero-order chi connectivity index (χ0) is 17.8. The van der Waals surface area contributed by atoms with Crippen molar-refractivity contribution in [3.63, 3.8) is 0 Å². The predicted octanol–water partition coefficient (Wildman–Crippen LogP) is 3.32. The number of nitrogen functional groups attached to an aromatic ring is 1. The largest absolute Gasteiger partial charge is 0.399 e. The molecule has 0 spiro atoms. The van der Waals surface area contributed by atoms with Crippen molar-refractivity contribution in [1.82, 2.24) is 4.90 Å². The van der Waals surface area contributed by atoms with Crippen LogP contribution in [0.15, 0.2) is 48.5 Å². The fraction of sp³-hybridized carbons (Fsp3) is 0.263. The van der Waals surface area contributed by atoms with E-state index in [1.54, 1.807) is 29.2 Å². The fourth-order valence-electron chi connectivity index (χ4n) is 2.98. The number of nitrogens with one attached hydrogen (secondary N) is 1. The van der Waals surface area contributed by atoms with Crippen LogP contribution in [0, 0.1) is 11.7 Å². The second kappa shape index (κ2) is 8.67. The van der Waals surface area contributed by atoms with Crippen LogP contribution >= 0.6 is 12.4 Å². The summed E-state index contributed by atoms with van der Waals surface area (Å²) in [5, 5.41) is 2.80. The minimum absolute atomic E-state index is 0. The van der Waals surface area contributed by atoms with Crippen LogP contribution in [0.3, 0.4) is 0 Å². The minimum atomic E-state index is -0.341. The molecule has 1 heterocycles. The maximum absolute atomic E-state index is 12.9. The first kappa shape index (κ1) is 19.7. The second-order valence-corrected chi connectivity index (χ2v) is 6.19. The topological polar surface area (TPSA) is 75.4 Å². The van der Waals surface area contributed by atoms with Crippen LogP contribution in [0.5, 0.6) is 0 Å². The summed E-state index contributed by atoms with van der Waals surface area (Å²) in [6.45, 7) is 1.05. The molecule has 3 N–H and O–H groups in total. The summed E-state index contributed by atoms with van der Waals surface area (Å²) in [4.78, 5) is 26.6. The van der Waals surface area contributed by atoms with Gasteiger partial charge >= 0.3 is 0 Å². The summed E-state index contributed by atoms with van der Waals surface area (Å²) in [5.74, 6) is -0.659. The Labute approximate surface area is 157 Å². The number of carbonyl (C=O) groups is 2. The Bertz CT molecular complexity index is 775. The molecule has 7 heteroatoms. The standard InChI is InChI=1S/C19H20FN3O2.ClH/c20-15-4-6-17(7-5-15)22-18(24)13-8-10-23(11-9-13)19(25)14-2-1-3-16(21)12-14;/h1-7,12-13H,8-11,21H2,(H,22,24);1H. The molecule has 0 aliphatic carbocycles. The Morgan fingerprint density at radius 2 is 1.73 bits per heavy atom. The van der Waals surface area contributed by atoms with E-state index < -0.39 is 0 Å². The minimum Gasteiger partial charge on any atom is -0.399 e. The van der Waals surface area contributed by atoms with Crippen molar-refractivity contribution in [3.05, 3.63) is 59.9 Å². The van der Waals surface area contributed by atoms with Gasteiger partial charge in [0, 0.05) is 35.9 Å². The molecule has 1 saturated heterocycles. The molecule has 2 aromatic carbocycles. The molecule has 0 radical (unpaired) electrons. The molecule has 1 aliphatic rings. The van der Waals surface area contributed by atoms with Gasteiger partial charge in [0.2, 0.25) is 5.91 Å². The number of likely N-dealkylation sites (tertiary alicyclic amines) is 1. The molecule has 26 heavy (non-hydrogen) atoms. The third kappa shape index (κ3) is 4.73. The molecule has 2 amide bonds. The number of rotatable bonds is 3. The number of benzene rings is 2. The second-order valence-electron chi connectivity index (χ2n) is 6.19. The van der Waals surface area contributed by atoms with E-state index in [9.17, 15) is 14.0 Å². The molecule has 5 nitrogen and oxygen atoms in total. The third-order valence-electron chi connectivity index (χ3n) is 4.40. The summed E-state index contributed by atoms with van der Waals surface area (Å²) >= 11 is 0. The normalized spacial score (nSPS) is 14.4. The van der Waals surface area contributed by atoms with E-state index in [4.69, 9.17) is 5.73 Å². The highest BCUT2D eigenvalue weighted by Crippen LogP contribution is 2.21. The molecular formula is C19H21ClFN3O2. The average Bonchev–Trinajstić information content (AvgIpc) is 2.63. The first-order valence-electron chi connectivity index (χ1n) is 8.24. The number of piperidine rings is 1. The molecule has 1 aliphatic heterocycles. The smallest absolute Gasteiger partial charge is 0.253 e. The molecule has 1 fully saturated rings. The Morgan fingerprint density at radius 3 is 2.35 bits per heavy atom. The van der Waals surface area contributed by atoms with Crippen molar-refractivity contribution in [3.8, 4) is 0 Å². The molecule has 0 atom stereocenters. The number of halogens is 2. The number of amides is 2. The van der Waals surface area contributed by atoms with Crippen LogP contribution in [0.25, 0.3) is 0 Å². The Morgan fingerprint density at radius 1 is 1.08 bits per heavy atom. The molecule has 138 valence electrons. The molecular weight excluding hydrogens is 357 g/mol. The number of hydrogen-bond acceptors (Lipinski definition) is 3. The van der Waals surface area contributed by atoms with E-state index in [0.717, 1.165) is 0 Å². The average molecular weight is 378 g/mol. The van der Waals surface area contributed by atoms with E-state index in [-0.39, 0.29) is 36.0 Å². The molecule has 0 saturated carbocycles. The Hall–Kier alpha value is -2.60. The zero-order valence-corrected chi connectivity index (χ0v) is 15.0. The lowest BCUT2D eigenvalue weighted by molar-refractivity contribution is -0.121. The van der Waals surface area contributed by atoms with Crippen molar-refractivity contribution < 1.29 is 14.0 Å². The summed E-state index contributed by atoms with van der Waals surface area (Å²) < 4.78 is 12.9. The van der Waals surface area contributed by atoms with Gasteiger partial charge in [0.25, 0.3) is 5.91 Å². The van der Waals surface area contributed by atoms with Crippen LogP contribution in [-0.2, 0) is 4.79 Å².